The molecule has 6 heteroatoms. The number of benzene rings is 2. The molecule has 144 valence electrons. The maximum atomic E-state index is 11.5. The molecule has 1 saturated carbocycles. The van der Waals surface area contributed by atoms with E-state index >= 15 is 0 Å². The molecule has 0 atom stereocenters. The van der Waals surface area contributed by atoms with Crippen LogP contribution in [-0.2, 0) is 11.4 Å². The Morgan fingerprint density at radius 3 is 2.72 bits per heavy atom. The maximum absolute atomic E-state index is 11.5. The van der Waals surface area contributed by atoms with Crippen LogP contribution in [0.1, 0.15) is 30.1 Å². The molecule has 2 heterocycles. The summed E-state index contributed by atoms with van der Waals surface area (Å²) in [6.07, 6.45) is 4.56. The lowest BCUT2D eigenvalue weighted by molar-refractivity contribution is -0.124. The zero-order valence-corrected chi connectivity index (χ0v) is 16.3. The van der Waals surface area contributed by atoms with Gasteiger partial charge in [0.2, 0.25) is 0 Å². The number of hydrogen-bond acceptors (Lipinski definition) is 4. The van der Waals surface area contributed by atoms with Gasteiger partial charge in [-0.25, -0.2) is 9.97 Å². The predicted octanol–water partition coefficient (Wildman–Crippen LogP) is 5.08. The standard InChI is InChI=1S/C23H18ClN3O2/c24-22-21-20(26-23(17-11-18(28)12-17)27(21)10-9-25-22)16-7-4-8-19(13-16)29-14-15-5-2-1-3-6-15/h1-10,13,17H,11-12,14H2. The number of halogens is 1. The third-order valence-corrected chi connectivity index (χ3v) is 5.48. The minimum atomic E-state index is 0.125. The van der Waals surface area contributed by atoms with Crippen LogP contribution in [-0.4, -0.2) is 20.2 Å². The fraction of sp³-hybridized carbons (Fsp3) is 0.174. The molecule has 0 spiro atoms. The Morgan fingerprint density at radius 1 is 1.10 bits per heavy atom. The molecular weight excluding hydrogens is 386 g/mol. The third-order valence-electron chi connectivity index (χ3n) is 5.21. The number of imidazole rings is 1. The van der Waals surface area contributed by atoms with Gasteiger partial charge in [0.05, 0.1) is 5.69 Å². The summed E-state index contributed by atoms with van der Waals surface area (Å²) in [4.78, 5) is 20.6. The van der Waals surface area contributed by atoms with Crippen LogP contribution >= 0.6 is 11.6 Å². The summed E-state index contributed by atoms with van der Waals surface area (Å²) in [5, 5.41) is 0.391. The molecule has 5 nitrogen and oxygen atoms in total. The fourth-order valence-corrected chi connectivity index (χ4v) is 3.90. The van der Waals surface area contributed by atoms with Gasteiger partial charge in [-0.3, -0.25) is 9.20 Å². The number of carbonyl (C=O) groups is 1. The van der Waals surface area contributed by atoms with Crippen LogP contribution in [0.2, 0.25) is 5.15 Å². The molecule has 0 amide bonds. The van der Waals surface area contributed by atoms with E-state index in [1.54, 1.807) is 6.20 Å². The van der Waals surface area contributed by atoms with Crippen molar-refractivity contribution in [1.82, 2.24) is 14.4 Å². The van der Waals surface area contributed by atoms with Crippen molar-refractivity contribution in [3.8, 4) is 17.0 Å². The van der Waals surface area contributed by atoms with Gasteiger partial charge < -0.3 is 4.74 Å². The van der Waals surface area contributed by atoms with Crippen LogP contribution < -0.4 is 4.74 Å². The van der Waals surface area contributed by atoms with E-state index in [9.17, 15) is 4.79 Å². The largest absolute Gasteiger partial charge is 0.489 e. The molecule has 4 aromatic rings. The lowest BCUT2D eigenvalue weighted by Gasteiger charge is -2.22. The smallest absolute Gasteiger partial charge is 0.155 e. The van der Waals surface area contributed by atoms with E-state index in [2.05, 4.69) is 4.98 Å². The van der Waals surface area contributed by atoms with Crippen molar-refractivity contribution in [3.05, 3.63) is 83.5 Å². The second-order valence-corrected chi connectivity index (χ2v) is 7.56. The monoisotopic (exact) mass is 403 g/mol. The van der Waals surface area contributed by atoms with Crippen molar-refractivity contribution in [2.75, 3.05) is 0 Å². The number of aromatic nitrogens is 3. The van der Waals surface area contributed by atoms with E-state index in [1.165, 1.54) is 0 Å². The highest BCUT2D eigenvalue weighted by Gasteiger charge is 2.32. The van der Waals surface area contributed by atoms with Gasteiger partial charge in [-0.2, -0.15) is 0 Å². The van der Waals surface area contributed by atoms with E-state index in [1.807, 2.05) is 65.2 Å². The van der Waals surface area contributed by atoms with Gasteiger partial charge in [-0.1, -0.05) is 54.1 Å². The molecular formula is C23H18ClN3O2. The number of carbonyl (C=O) groups excluding carboxylic acids is 1. The molecule has 29 heavy (non-hydrogen) atoms. The Morgan fingerprint density at radius 2 is 1.93 bits per heavy atom. The van der Waals surface area contributed by atoms with Crippen LogP contribution in [0.25, 0.3) is 16.8 Å². The predicted molar refractivity (Wildman–Crippen MR) is 111 cm³/mol. The van der Waals surface area contributed by atoms with Crippen LogP contribution in [0.5, 0.6) is 5.75 Å². The third kappa shape index (κ3) is 3.38. The molecule has 2 aromatic heterocycles. The van der Waals surface area contributed by atoms with Gasteiger partial charge in [0.25, 0.3) is 0 Å². The van der Waals surface area contributed by atoms with E-state index in [0.717, 1.165) is 33.9 Å². The van der Waals surface area contributed by atoms with Crippen LogP contribution in [0.15, 0.2) is 67.0 Å². The molecule has 0 N–H and O–H groups in total. The highest BCUT2D eigenvalue weighted by atomic mass is 35.5. The van der Waals surface area contributed by atoms with E-state index in [0.29, 0.717) is 24.6 Å². The molecule has 1 aliphatic carbocycles. The van der Waals surface area contributed by atoms with Crippen LogP contribution in [0.3, 0.4) is 0 Å². The molecule has 0 aliphatic heterocycles. The molecule has 1 aliphatic rings. The number of nitrogens with zero attached hydrogens (tertiary/aromatic N) is 3. The fourth-order valence-electron chi connectivity index (χ4n) is 3.66. The second-order valence-electron chi connectivity index (χ2n) is 7.20. The normalized spacial score (nSPS) is 14.2. The highest BCUT2D eigenvalue weighted by molar-refractivity contribution is 6.33. The number of fused-ring (bicyclic) bond motifs is 1. The Balaban J connectivity index is 1.51. The van der Waals surface area contributed by atoms with Gasteiger partial charge in [0.1, 0.15) is 29.5 Å². The van der Waals surface area contributed by atoms with Gasteiger partial charge in [0.15, 0.2) is 5.15 Å². The minimum Gasteiger partial charge on any atom is -0.489 e. The van der Waals surface area contributed by atoms with Crippen molar-refractivity contribution >= 4 is 22.9 Å². The molecule has 5 rings (SSSR count). The van der Waals surface area contributed by atoms with Crippen molar-refractivity contribution in [1.29, 1.82) is 0 Å². The van der Waals surface area contributed by atoms with Gasteiger partial charge in [-0.05, 0) is 17.7 Å². The molecule has 2 aromatic carbocycles. The summed E-state index contributed by atoms with van der Waals surface area (Å²) in [5.41, 5.74) is 3.51. The average molecular weight is 404 g/mol. The minimum absolute atomic E-state index is 0.125. The second kappa shape index (κ2) is 7.33. The van der Waals surface area contributed by atoms with Gasteiger partial charge in [-0.15, -0.1) is 0 Å². The number of ether oxygens (including phenoxy) is 1. The first-order valence-electron chi connectivity index (χ1n) is 9.50. The summed E-state index contributed by atoms with van der Waals surface area (Å²) < 4.78 is 7.93. The molecule has 0 unspecified atom stereocenters. The molecule has 1 fully saturated rings. The van der Waals surface area contributed by atoms with E-state index < -0.39 is 0 Å². The lowest BCUT2D eigenvalue weighted by atomic mass is 9.83. The lowest BCUT2D eigenvalue weighted by Crippen LogP contribution is -2.23. The first-order valence-corrected chi connectivity index (χ1v) is 9.88. The quantitative estimate of drug-likeness (QED) is 0.466. The molecule has 0 saturated heterocycles. The molecule has 0 bridgehead atoms. The van der Waals surface area contributed by atoms with Crippen LogP contribution in [0, 0.1) is 0 Å². The number of hydrogen-bond donors (Lipinski definition) is 0. The first kappa shape index (κ1) is 17.9. The SMILES string of the molecule is O=C1CC(c2nc(-c3cccc(OCc4ccccc4)c3)c3c(Cl)nccn23)C1. The number of ketones is 1. The summed E-state index contributed by atoms with van der Waals surface area (Å²) in [6, 6.07) is 17.9. The first-order chi connectivity index (χ1) is 14.2. The average Bonchev–Trinajstić information content (AvgIpc) is 3.11. The summed E-state index contributed by atoms with van der Waals surface area (Å²) in [7, 11) is 0. The number of rotatable bonds is 5. The zero-order valence-electron chi connectivity index (χ0n) is 15.6. The van der Waals surface area contributed by atoms with Crippen molar-refractivity contribution < 1.29 is 9.53 Å². The van der Waals surface area contributed by atoms with Crippen LogP contribution in [0.4, 0.5) is 0 Å². The Bertz CT molecular complexity index is 1200. The van der Waals surface area contributed by atoms with Crippen molar-refractivity contribution in [2.24, 2.45) is 0 Å². The Hall–Kier alpha value is -3.18. The summed E-state index contributed by atoms with van der Waals surface area (Å²) in [6.45, 7) is 0.492. The zero-order chi connectivity index (χ0) is 19.8. The van der Waals surface area contributed by atoms with Gasteiger partial charge in [0, 0.05) is 36.7 Å². The summed E-state index contributed by atoms with van der Waals surface area (Å²) >= 11 is 6.43. The number of Topliss-reactive ketones (excluding diaryl/α,β-unsaturated/α-hetero) is 1. The van der Waals surface area contributed by atoms with E-state index in [-0.39, 0.29) is 11.7 Å². The van der Waals surface area contributed by atoms with Crippen molar-refractivity contribution in [2.45, 2.75) is 25.4 Å². The maximum Gasteiger partial charge on any atom is 0.155 e. The molecule has 0 radical (unpaired) electrons. The highest BCUT2D eigenvalue weighted by Crippen LogP contribution is 2.38. The van der Waals surface area contributed by atoms with E-state index in [4.69, 9.17) is 21.3 Å². The van der Waals surface area contributed by atoms with Gasteiger partial charge >= 0.3 is 0 Å². The Labute approximate surface area is 173 Å². The topological polar surface area (TPSA) is 56.5 Å². The summed E-state index contributed by atoms with van der Waals surface area (Å²) in [5.74, 6) is 2.01. The van der Waals surface area contributed by atoms with Crippen molar-refractivity contribution in [3.63, 3.8) is 0 Å². The Kier molecular flexibility index (Phi) is 4.52.